The van der Waals surface area contributed by atoms with Gasteiger partial charge in [-0.05, 0) is 37.5 Å². The predicted octanol–water partition coefficient (Wildman–Crippen LogP) is 2.45. The molecule has 3 heterocycles. The zero-order valence-electron chi connectivity index (χ0n) is 15.1. The smallest absolute Gasteiger partial charge is 0.315 e. The molecule has 0 spiro atoms. The summed E-state index contributed by atoms with van der Waals surface area (Å²) in [5.41, 5.74) is 0.940. The molecule has 2 amide bonds. The average molecular weight is 371 g/mol. The van der Waals surface area contributed by atoms with E-state index in [0.717, 1.165) is 24.8 Å². The Morgan fingerprint density at radius 1 is 1.15 bits per heavy atom. The molecule has 2 aliphatic rings. The van der Waals surface area contributed by atoms with Gasteiger partial charge in [-0.25, -0.2) is 0 Å². The summed E-state index contributed by atoms with van der Waals surface area (Å²) < 4.78 is 16.3. The summed E-state index contributed by atoms with van der Waals surface area (Å²) in [6.07, 6.45) is 2.46. The van der Waals surface area contributed by atoms with E-state index in [9.17, 15) is 9.59 Å². The molecular formula is C19H21N3O5. The highest BCUT2D eigenvalue weighted by Gasteiger charge is 2.34. The summed E-state index contributed by atoms with van der Waals surface area (Å²) in [7, 11) is 0. The highest BCUT2D eigenvalue weighted by Crippen LogP contribution is 2.38. The number of fused-ring (bicyclic) bond motifs is 1. The Bertz CT molecular complexity index is 863. The van der Waals surface area contributed by atoms with Crippen molar-refractivity contribution in [3.05, 3.63) is 35.6 Å². The fourth-order valence-corrected chi connectivity index (χ4v) is 3.47. The molecule has 0 aliphatic carbocycles. The van der Waals surface area contributed by atoms with E-state index in [1.165, 1.54) is 0 Å². The molecule has 2 aliphatic heterocycles. The van der Waals surface area contributed by atoms with Crippen molar-refractivity contribution in [1.29, 1.82) is 0 Å². The molecule has 4 rings (SSSR count). The second-order valence-electron chi connectivity index (χ2n) is 6.69. The lowest BCUT2D eigenvalue weighted by atomic mass is 10.0. The van der Waals surface area contributed by atoms with Crippen molar-refractivity contribution in [3.63, 3.8) is 0 Å². The van der Waals surface area contributed by atoms with Crippen LogP contribution in [-0.4, -0.2) is 41.6 Å². The van der Waals surface area contributed by atoms with Crippen LogP contribution >= 0.6 is 0 Å². The summed E-state index contributed by atoms with van der Waals surface area (Å²) in [4.78, 5) is 26.6. The Morgan fingerprint density at radius 2 is 1.96 bits per heavy atom. The van der Waals surface area contributed by atoms with E-state index < -0.39 is 11.8 Å². The standard InChI is InChI=1S/C19H21N3O5/c1-12-10-17(21-27-12)20-18(23)19(24)22-7-2-4-14(22)13-5-6-15-16(11-13)26-9-3-8-25-15/h5-6,10-11,14H,2-4,7-9H2,1H3,(H,20,21,23)/t14-/m0/s1. The number of amides is 2. The van der Waals surface area contributed by atoms with Gasteiger partial charge in [0.15, 0.2) is 17.3 Å². The molecule has 0 saturated carbocycles. The Balaban J connectivity index is 1.50. The third-order valence-electron chi connectivity index (χ3n) is 4.73. The lowest BCUT2D eigenvalue weighted by molar-refractivity contribution is -0.143. The van der Waals surface area contributed by atoms with Crippen LogP contribution in [0.15, 0.2) is 28.8 Å². The number of likely N-dealkylation sites (tertiary alicyclic amines) is 1. The van der Waals surface area contributed by atoms with E-state index in [4.69, 9.17) is 14.0 Å². The normalized spacial score (nSPS) is 18.9. The molecule has 1 aromatic heterocycles. The maximum absolute atomic E-state index is 12.7. The second-order valence-corrected chi connectivity index (χ2v) is 6.69. The predicted molar refractivity (Wildman–Crippen MR) is 95.6 cm³/mol. The number of carbonyl (C=O) groups excluding carboxylic acids is 2. The van der Waals surface area contributed by atoms with Crippen LogP contribution in [0, 0.1) is 6.92 Å². The zero-order valence-corrected chi connectivity index (χ0v) is 15.1. The van der Waals surface area contributed by atoms with Gasteiger partial charge in [0.05, 0.1) is 19.3 Å². The number of aryl methyl sites for hydroxylation is 1. The Morgan fingerprint density at radius 3 is 2.74 bits per heavy atom. The van der Waals surface area contributed by atoms with Crippen LogP contribution in [0.25, 0.3) is 0 Å². The van der Waals surface area contributed by atoms with Gasteiger partial charge in [0.2, 0.25) is 0 Å². The second kappa shape index (κ2) is 7.30. The molecule has 142 valence electrons. The number of hydrogen-bond acceptors (Lipinski definition) is 6. The summed E-state index contributed by atoms with van der Waals surface area (Å²) >= 11 is 0. The zero-order chi connectivity index (χ0) is 18.8. The molecule has 1 aromatic carbocycles. The number of hydrogen-bond donors (Lipinski definition) is 1. The quantitative estimate of drug-likeness (QED) is 0.815. The van der Waals surface area contributed by atoms with Crippen molar-refractivity contribution in [2.75, 3.05) is 25.1 Å². The van der Waals surface area contributed by atoms with Crippen LogP contribution in [0.5, 0.6) is 11.5 Å². The van der Waals surface area contributed by atoms with Gasteiger partial charge < -0.3 is 18.9 Å². The first-order chi connectivity index (χ1) is 13.1. The van der Waals surface area contributed by atoms with E-state index in [-0.39, 0.29) is 11.9 Å². The van der Waals surface area contributed by atoms with Gasteiger partial charge in [0.1, 0.15) is 5.76 Å². The first-order valence-electron chi connectivity index (χ1n) is 9.06. The SMILES string of the molecule is Cc1cc(NC(=O)C(=O)N2CCC[C@H]2c2ccc3c(c2)OCCCO3)no1. The maximum Gasteiger partial charge on any atom is 0.315 e. The number of aromatic nitrogens is 1. The van der Waals surface area contributed by atoms with Crippen molar-refractivity contribution < 1.29 is 23.6 Å². The van der Waals surface area contributed by atoms with Gasteiger partial charge in [0, 0.05) is 19.0 Å². The van der Waals surface area contributed by atoms with Crippen molar-refractivity contribution in [1.82, 2.24) is 10.1 Å². The minimum Gasteiger partial charge on any atom is -0.490 e. The summed E-state index contributed by atoms with van der Waals surface area (Å²) in [6.45, 7) is 3.47. The molecule has 8 nitrogen and oxygen atoms in total. The lowest BCUT2D eigenvalue weighted by Crippen LogP contribution is -2.39. The highest BCUT2D eigenvalue weighted by atomic mass is 16.5. The van der Waals surface area contributed by atoms with Crippen LogP contribution in [-0.2, 0) is 9.59 Å². The molecule has 0 bridgehead atoms. The molecule has 2 aromatic rings. The third-order valence-corrected chi connectivity index (χ3v) is 4.73. The number of nitrogens with one attached hydrogen (secondary N) is 1. The van der Waals surface area contributed by atoms with Gasteiger partial charge in [-0.2, -0.15) is 0 Å². The number of carbonyl (C=O) groups is 2. The van der Waals surface area contributed by atoms with Crippen molar-refractivity contribution in [2.45, 2.75) is 32.2 Å². The highest BCUT2D eigenvalue weighted by molar-refractivity contribution is 6.39. The van der Waals surface area contributed by atoms with E-state index in [1.54, 1.807) is 17.9 Å². The van der Waals surface area contributed by atoms with E-state index in [2.05, 4.69) is 10.5 Å². The first-order valence-corrected chi connectivity index (χ1v) is 9.06. The average Bonchev–Trinajstić information content (AvgIpc) is 3.24. The lowest BCUT2D eigenvalue weighted by Gasteiger charge is -2.25. The number of benzene rings is 1. The Labute approximate surface area is 156 Å². The van der Waals surface area contributed by atoms with Gasteiger partial charge in [-0.3, -0.25) is 14.9 Å². The van der Waals surface area contributed by atoms with Crippen LogP contribution in [0.4, 0.5) is 5.82 Å². The van der Waals surface area contributed by atoms with E-state index >= 15 is 0 Å². The number of anilines is 1. The molecular weight excluding hydrogens is 350 g/mol. The van der Waals surface area contributed by atoms with Gasteiger partial charge in [-0.15, -0.1) is 0 Å². The minimum absolute atomic E-state index is 0.167. The van der Waals surface area contributed by atoms with Crippen LogP contribution in [0.2, 0.25) is 0 Å². The molecule has 27 heavy (non-hydrogen) atoms. The molecule has 8 heteroatoms. The number of ether oxygens (including phenoxy) is 2. The Hall–Kier alpha value is -3.03. The van der Waals surface area contributed by atoms with Gasteiger partial charge in [0.25, 0.3) is 0 Å². The molecule has 1 fully saturated rings. The monoisotopic (exact) mass is 371 g/mol. The molecule has 0 unspecified atom stereocenters. The molecule has 1 atom stereocenters. The van der Waals surface area contributed by atoms with Crippen LogP contribution in [0.1, 0.15) is 36.6 Å². The van der Waals surface area contributed by atoms with Gasteiger partial charge in [-0.1, -0.05) is 11.2 Å². The molecule has 1 saturated heterocycles. The Kier molecular flexibility index (Phi) is 4.70. The van der Waals surface area contributed by atoms with Crippen LogP contribution in [0.3, 0.4) is 0 Å². The molecule has 0 radical (unpaired) electrons. The summed E-state index contributed by atoms with van der Waals surface area (Å²) in [6, 6.07) is 7.11. The largest absolute Gasteiger partial charge is 0.490 e. The summed E-state index contributed by atoms with van der Waals surface area (Å²) in [5.74, 6) is 0.897. The number of rotatable bonds is 2. The van der Waals surface area contributed by atoms with Crippen molar-refractivity contribution in [2.24, 2.45) is 0 Å². The van der Waals surface area contributed by atoms with Crippen LogP contribution < -0.4 is 14.8 Å². The molecule has 1 N–H and O–H groups in total. The van der Waals surface area contributed by atoms with E-state index in [1.807, 2.05) is 18.2 Å². The fourth-order valence-electron chi connectivity index (χ4n) is 3.47. The third kappa shape index (κ3) is 3.60. The maximum atomic E-state index is 12.7. The van der Waals surface area contributed by atoms with Gasteiger partial charge >= 0.3 is 11.8 Å². The van der Waals surface area contributed by atoms with Crippen molar-refractivity contribution >= 4 is 17.6 Å². The van der Waals surface area contributed by atoms with Crippen molar-refractivity contribution in [3.8, 4) is 11.5 Å². The number of nitrogens with zero attached hydrogens (tertiary/aromatic N) is 2. The minimum atomic E-state index is -0.718. The summed E-state index contributed by atoms with van der Waals surface area (Å²) in [5, 5.41) is 6.18. The fraction of sp³-hybridized carbons (Fsp3) is 0.421. The first kappa shape index (κ1) is 17.4. The topological polar surface area (TPSA) is 93.9 Å². The van der Waals surface area contributed by atoms with E-state index in [0.29, 0.717) is 37.0 Å².